The van der Waals surface area contributed by atoms with E-state index in [4.69, 9.17) is 4.74 Å². The van der Waals surface area contributed by atoms with Crippen molar-refractivity contribution < 1.29 is 9.53 Å². The van der Waals surface area contributed by atoms with E-state index >= 15 is 0 Å². The number of benzene rings is 2. The van der Waals surface area contributed by atoms with Crippen LogP contribution in [0.5, 0.6) is 5.75 Å². The zero-order valence-corrected chi connectivity index (χ0v) is 12.7. The Kier molecular flexibility index (Phi) is 4.28. The summed E-state index contributed by atoms with van der Waals surface area (Å²) in [6.07, 6.45) is 1.72. The van der Waals surface area contributed by atoms with Crippen molar-refractivity contribution in [1.29, 1.82) is 0 Å². The summed E-state index contributed by atoms with van der Waals surface area (Å²) in [7, 11) is 1.66. The summed E-state index contributed by atoms with van der Waals surface area (Å²) in [4.78, 5) is 14.1. The van der Waals surface area contributed by atoms with Gasteiger partial charge in [0.05, 0.1) is 7.11 Å². The van der Waals surface area contributed by atoms with Gasteiger partial charge in [0, 0.05) is 18.8 Å². The summed E-state index contributed by atoms with van der Waals surface area (Å²) < 4.78 is 5.21. The maximum absolute atomic E-state index is 12.3. The highest BCUT2D eigenvalue weighted by Crippen LogP contribution is 2.27. The number of methoxy groups -OCH3 is 1. The molecule has 0 spiro atoms. The molecule has 3 rings (SSSR count). The number of para-hydroxylation sites is 1. The van der Waals surface area contributed by atoms with E-state index in [0.717, 1.165) is 36.4 Å². The van der Waals surface area contributed by atoms with Gasteiger partial charge in [-0.1, -0.05) is 30.3 Å². The lowest BCUT2D eigenvalue weighted by Gasteiger charge is -2.18. The van der Waals surface area contributed by atoms with E-state index in [9.17, 15) is 4.79 Å². The Morgan fingerprint density at radius 2 is 2.09 bits per heavy atom. The van der Waals surface area contributed by atoms with Crippen LogP contribution in [-0.4, -0.2) is 26.2 Å². The molecule has 1 aliphatic heterocycles. The summed E-state index contributed by atoms with van der Waals surface area (Å²) in [5.74, 6) is 0.845. The average molecular weight is 296 g/mol. The molecule has 0 saturated heterocycles. The van der Waals surface area contributed by atoms with Gasteiger partial charge in [-0.05, 0) is 42.2 Å². The zero-order valence-electron chi connectivity index (χ0n) is 12.7. The number of carbonyl (C=O) groups is 1. The molecule has 4 heteroatoms. The van der Waals surface area contributed by atoms with Crippen molar-refractivity contribution >= 4 is 11.7 Å². The highest BCUT2D eigenvalue weighted by Gasteiger charge is 2.23. The van der Waals surface area contributed by atoms with Gasteiger partial charge in [-0.25, -0.2) is 4.79 Å². The van der Waals surface area contributed by atoms with Gasteiger partial charge in [-0.2, -0.15) is 0 Å². The molecule has 1 N–H and O–H groups in total. The van der Waals surface area contributed by atoms with Crippen LogP contribution in [0, 0.1) is 0 Å². The molecule has 2 aromatic carbocycles. The van der Waals surface area contributed by atoms with Crippen molar-refractivity contribution in [2.75, 3.05) is 25.1 Å². The Hall–Kier alpha value is -2.49. The second-order valence-corrected chi connectivity index (χ2v) is 5.36. The molecule has 2 amide bonds. The van der Waals surface area contributed by atoms with Gasteiger partial charge in [-0.3, -0.25) is 4.90 Å². The maximum Gasteiger partial charge on any atom is 0.321 e. The summed E-state index contributed by atoms with van der Waals surface area (Å²) in [6, 6.07) is 16.0. The summed E-state index contributed by atoms with van der Waals surface area (Å²) in [5, 5.41) is 3.00. The lowest BCUT2D eigenvalue weighted by atomic mass is 10.1. The first-order valence-corrected chi connectivity index (χ1v) is 7.54. The number of rotatable bonds is 4. The molecule has 0 aromatic heterocycles. The minimum absolute atomic E-state index is 0.0205. The Bertz CT molecular complexity index is 670. The number of urea groups is 1. The molecule has 0 bridgehead atoms. The third-order valence-electron chi connectivity index (χ3n) is 3.96. The standard InChI is InChI=1S/C18H20N2O2/c1-22-16-7-4-5-14(13-16)9-11-19-18(21)20-12-10-15-6-2-3-8-17(15)20/h2-8,13H,9-12H2,1H3,(H,19,21). The van der Waals surface area contributed by atoms with E-state index in [0.29, 0.717) is 6.54 Å². The molecule has 0 saturated carbocycles. The molecule has 22 heavy (non-hydrogen) atoms. The van der Waals surface area contributed by atoms with Gasteiger partial charge in [0.1, 0.15) is 5.75 Å². The van der Waals surface area contributed by atoms with E-state index < -0.39 is 0 Å². The topological polar surface area (TPSA) is 41.6 Å². The van der Waals surface area contributed by atoms with Crippen molar-refractivity contribution in [2.45, 2.75) is 12.8 Å². The quantitative estimate of drug-likeness (QED) is 0.942. The fourth-order valence-corrected chi connectivity index (χ4v) is 2.79. The Morgan fingerprint density at radius 1 is 1.23 bits per heavy atom. The second kappa shape index (κ2) is 6.52. The predicted octanol–water partition coefficient (Wildman–Crippen LogP) is 3.01. The average Bonchev–Trinajstić information content (AvgIpc) is 2.99. The first kappa shape index (κ1) is 14.4. The van der Waals surface area contributed by atoms with Crippen molar-refractivity contribution in [2.24, 2.45) is 0 Å². The van der Waals surface area contributed by atoms with Crippen LogP contribution in [0.2, 0.25) is 0 Å². The fourth-order valence-electron chi connectivity index (χ4n) is 2.79. The van der Waals surface area contributed by atoms with Crippen LogP contribution < -0.4 is 15.0 Å². The molecule has 114 valence electrons. The summed E-state index contributed by atoms with van der Waals surface area (Å²) in [6.45, 7) is 1.37. The van der Waals surface area contributed by atoms with Gasteiger partial charge in [0.25, 0.3) is 0 Å². The van der Waals surface area contributed by atoms with Crippen LogP contribution in [0.25, 0.3) is 0 Å². The zero-order chi connectivity index (χ0) is 15.4. The normalized spacial score (nSPS) is 12.9. The third kappa shape index (κ3) is 3.06. The van der Waals surface area contributed by atoms with Crippen LogP contribution in [0.1, 0.15) is 11.1 Å². The van der Waals surface area contributed by atoms with Gasteiger partial charge in [0.2, 0.25) is 0 Å². The lowest BCUT2D eigenvalue weighted by Crippen LogP contribution is -2.39. The first-order chi connectivity index (χ1) is 10.8. The van der Waals surface area contributed by atoms with Crippen LogP contribution in [-0.2, 0) is 12.8 Å². The molecule has 0 aliphatic carbocycles. The molecule has 4 nitrogen and oxygen atoms in total. The number of nitrogens with zero attached hydrogens (tertiary/aromatic N) is 1. The van der Waals surface area contributed by atoms with Gasteiger partial charge < -0.3 is 10.1 Å². The van der Waals surface area contributed by atoms with Crippen LogP contribution in [0.4, 0.5) is 10.5 Å². The van der Waals surface area contributed by atoms with Crippen LogP contribution in [0.3, 0.4) is 0 Å². The van der Waals surface area contributed by atoms with Crippen molar-refractivity contribution in [1.82, 2.24) is 5.32 Å². The van der Waals surface area contributed by atoms with E-state index in [-0.39, 0.29) is 6.03 Å². The molecule has 0 unspecified atom stereocenters. The van der Waals surface area contributed by atoms with Gasteiger partial charge in [-0.15, -0.1) is 0 Å². The molecule has 0 fully saturated rings. The predicted molar refractivity (Wildman–Crippen MR) is 87.6 cm³/mol. The van der Waals surface area contributed by atoms with Crippen LogP contribution in [0.15, 0.2) is 48.5 Å². The van der Waals surface area contributed by atoms with E-state index in [1.54, 1.807) is 7.11 Å². The Balaban J connectivity index is 1.55. The second-order valence-electron chi connectivity index (χ2n) is 5.36. The number of hydrogen-bond donors (Lipinski definition) is 1. The highest BCUT2D eigenvalue weighted by molar-refractivity contribution is 5.94. The number of hydrogen-bond acceptors (Lipinski definition) is 2. The molecular formula is C18H20N2O2. The highest BCUT2D eigenvalue weighted by atomic mass is 16.5. The summed E-state index contributed by atoms with van der Waals surface area (Å²) in [5.41, 5.74) is 3.42. The number of fused-ring (bicyclic) bond motifs is 1. The summed E-state index contributed by atoms with van der Waals surface area (Å²) >= 11 is 0. The molecular weight excluding hydrogens is 276 g/mol. The SMILES string of the molecule is COc1cccc(CCNC(=O)N2CCc3ccccc32)c1. The minimum Gasteiger partial charge on any atom is -0.497 e. The maximum atomic E-state index is 12.3. The van der Waals surface area contributed by atoms with E-state index in [1.165, 1.54) is 5.56 Å². The first-order valence-electron chi connectivity index (χ1n) is 7.54. The monoisotopic (exact) mass is 296 g/mol. The Morgan fingerprint density at radius 3 is 2.95 bits per heavy atom. The Labute approximate surface area is 130 Å². The molecule has 2 aromatic rings. The van der Waals surface area contributed by atoms with Gasteiger partial charge >= 0.3 is 6.03 Å². The number of anilines is 1. The van der Waals surface area contributed by atoms with E-state index in [1.807, 2.05) is 47.4 Å². The number of amides is 2. The van der Waals surface area contributed by atoms with E-state index in [2.05, 4.69) is 11.4 Å². The third-order valence-corrected chi connectivity index (χ3v) is 3.96. The molecule has 1 aliphatic rings. The largest absolute Gasteiger partial charge is 0.497 e. The van der Waals surface area contributed by atoms with Crippen LogP contribution >= 0.6 is 0 Å². The smallest absolute Gasteiger partial charge is 0.321 e. The number of ether oxygens (including phenoxy) is 1. The molecule has 0 atom stereocenters. The minimum atomic E-state index is -0.0205. The fraction of sp³-hybridized carbons (Fsp3) is 0.278. The number of carbonyl (C=O) groups excluding carboxylic acids is 1. The van der Waals surface area contributed by atoms with Crippen molar-refractivity contribution in [3.63, 3.8) is 0 Å². The number of nitrogens with one attached hydrogen (secondary N) is 1. The van der Waals surface area contributed by atoms with Crippen molar-refractivity contribution in [3.05, 3.63) is 59.7 Å². The lowest BCUT2D eigenvalue weighted by molar-refractivity contribution is 0.247. The molecule has 0 radical (unpaired) electrons. The van der Waals surface area contributed by atoms with Crippen molar-refractivity contribution in [3.8, 4) is 5.75 Å². The molecule has 1 heterocycles. The van der Waals surface area contributed by atoms with Gasteiger partial charge in [0.15, 0.2) is 0 Å².